The molecule has 0 bridgehead atoms. The molecule has 0 saturated heterocycles. The van der Waals surface area contributed by atoms with Gasteiger partial charge in [-0.3, -0.25) is 11.3 Å². The first kappa shape index (κ1) is 14.9. The lowest BCUT2D eigenvalue weighted by Gasteiger charge is -2.16. The van der Waals surface area contributed by atoms with Crippen molar-refractivity contribution in [2.45, 2.75) is 18.6 Å². The van der Waals surface area contributed by atoms with Gasteiger partial charge in [0.25, 0.3) is 0 Å². The molecule has 3 nitrogen and oxygen atoms in total. The lowest BCUT2D eigenvalue weighted by atomic mass is 10.00. The van der Waals surface area contributed by atoms with Crippen LogP contribution in [-0.2, 0) is 12.6 Å². The van der Waals surface area contributed by atoms with E-state index in [1.54, 1.807) is 12.1 Å². The highest BCUT2D eigenvalue weighted by Gasteiger charge is 2.30. The molecule has 7 heteroatoms. The summed E-state index contributed by atoms with van der Waals surface area (Å²) in [5, 5.41) is 0.167. The molecule has 0 fully saturated rings. The van der Waals surface area contributed by atoms with Crippen molar-refractivity contribution in [1.82, 2.24) is 5.43 Å². The van der Waals surface area contributed by atoms with Crippen LogP contribution >= 0.6 is 11.6 Å². The van der Waals surface area contributed by atoms with Crippen LogP contribution in [0.3, 0.4) is 0 Å². The fourth-order valence-electron chi connectivity index (χ4n) is 1.92. The molecule has 2 aromatic rings. The van der Waals surface area contributed by atoms with Gasteiger partial charge >= 0.3 is 6.18 Å². The Hall–Kier alpha value is -1.50. The molecule has 0 aliphatic rings. The lowest BCUT2D eigenvalue weighted by Crippen LogP contribution is -2.29. The molecule has 1 atom stereocenters. The second-order valence-corrected chi connectivity index (χ2v) is 4.61. The molecule has 0 saturated carbocycles. The van der Waals surface area contributed by atoms with Gasteiger partial charge in [0.05, 0.1) is 17.9 Å². The molecule has 0 aliphatic heterocycles. The molecule has 1 aromatic heterocycles. The largest absolute Gasteiger partial charge is 0.453 e. The van der Waals surface area contributed by atoms with E-state index in [1.807, 2.05) is 0 Å². The SMILES string of the molecule is NNC(Cc1cccc(C(F)(F)F)c1)c1ccoc1Cl. The average molecular weight is 305 g/mol. The molecule has 0 spiro atoms. The molecule has 3 N–H and O–H groups in total. The topological polar surface area (TPSA) is 51.2 Å². The van der Waals surface area contributed by atoms with Gasteiger partial charge in [-0.1, -0.05) is 18.2 Å². The van der Waals surface area contributed by atoms with E-state index < -0.39 is 17.8 Å². The first-order valence-corrected chi connectivity index (χ1v) is 6.14. The number of nitrogens with two attached hydrogens (primary N) is 1. The Balaban J connectivity index is 2.23. The molecule has 108 valence electrons. The van der Waals surface area contributed by atoms with Crippen LogP contribution in [0.2, 0.25) is 5.22 Å². The van der Waals surface area contributed by atoms with Crippen LogP contribution in [0.1, 0.15) is 22.7 Å². The van der Waals surface area contributed by atoms with E-state index in [9.17, 15) is 13.2 Å². The van der Waals surface area contributed by atoms with E-state index in [4.69, 9.17) is 21.9 Å². The molecule has 0 radical (unpaired) electrons. The highest BCUT2D eigenvalue weighted by molar-refractivity contribution is 6.29. The van der Waals surface area contributed by atoms with Gasteiger partial charge in [0, 0.05) is 5.56 Å². The van der Waals surface area contributed by atoms with Crippen LogP contribution in [0.25, 0.3) is 0 Å². The van der Waals surface area contributed by atoms with Gasteiger partial charge in [-0.05, 0) is 35.7 Å². The van der Waals surface area contributed by atoms with E-state index in [1.165, 1.54) is 12.3 Å². The Labute approximate surface area is 118 Å². The number of halogens is 4. The van der Waals surface area contributed by atoms with Crippen molar-refractivity contribution in [3.8, 4) is 0 Å². The third kappa shape index (κ3) is 3.33. The minimum Gasteiger partial charge on any atom is -0.453 e. The van der Waals surface area contributed by atoms with E-state index in [0.717, 1.165) is 12.1 Å². The predicted molar refractivity (Wildman–Crippen MR) is 68.9 cm³/mol. The fourth-order valence-corrected chi connectivity index (χ4v) is 2.17. The van der Waals surface area contributed by atoms with Gasteiger partial charge in [0.2, 0.25) is 0 Å². The fraction of sp³-hybridized carbons (Fsp3) is 0.231. The molecule has 0 aliphatic carbocycles. The van der Waals surface area contributed by atoms with Crippen LogP contribution in [0, 0.1) is 0 Å². The number of alkyl halides is 3. The Bertz CT molecular complexity index is 583. The number of benzene rings is 1. The highest BCUT2D eigenvalue weighted by atomic mass is 35.5. The van der Waals surface area contributed by atoms with E-state index in [-0.39, 0.29) is 11.6 Å². The van der Waals surface area contributed by atoms with Gasteiger partial charge in [0.15, 0.2) is 5.22 Å². The molecule has 1 heterocycles. The van der Waals surface area contributed by atoms with E-state index in [0.29, 0.717) is 11.1 Å². The maximum absolute atomic E-state index is 12.6. The zero-order chi connectivity index (χ0) is 14.8. The van der Waals surface area contributed by atoms with Gasteiger partial charge in [-0.2, -0.15) is 13.2 Å². The minimum absolute atomic E-state index is 0.167. The summed E-state index contributed by atoms with van der Waals surface area (Å²) >= 11 is 5.84. The second kappa shape index (κ2) is 5.87. The molecule has 20 heavy (non-hydrogen) atoms. The number of rotatable bonds is 4. The van der Waals surface area contributed by atoms with Crippen molar-refractivity contribution in [2.24, 2.45) is 5.84 Å². The van der Waals surface area contributed by atoms with Crippen molar-refractivity contribution < 1.29 is 17.6 Å². The standard InChI is InChI=1S/C13H12ClF3N2O/c14-12-10(4-5-20-12)11(19-18)7-8-2-1-3-9(6-8)13(15,16)17/h1-6,11,19H,7,18H2. The van der Waals surface area contributed by atoms with Crippen molar-refractivity contribution in [3.05, 3.63) is 58.5 Å². The van der Waals surface area contributed by atoms with E-state index >= 15 is 0 Å². The predicted octanol–water partition coefficient (Wildman–Crippen LogP) is 3.70. The first-order valence-electron chi connectivity index (χ1n) is 5.77. The quantitative estimate of drug-likeness (QED) is 0.669. The molecule has 2 rings (SSSR count). The molecular weight excluding hydrogens is 293 g/mol. The monoisotopic (exact) mass is 304 g/mol. The Morgan fingerprint density at radius 3 is 2.60 bits per heavy atom. The smallest absolute Gasteiger partial charge is 0.416 e. The maximum Gasteiger partial charge on any atom is 0.416 e. The number of hydrogen-bond acceptors (Lipinski definition) is 3. The van der Waals surface area contributed by atoms with Crippen LogP contribution < -0.4 is 11.3 Å². The van der Waals surface area contributed by atoms with Gasteiger partial charge in [0.1, 0.15) is 0 Å². The Kier molecular flexibility index (Phi) is 4.37. The zero-order valence-corrected chi connectivity index (χ0v) is 11.0. The number of hydrogen-bond donors (Lipinski definition) is 2. The normalized spacial score (nSPS) is 13.4. The van der Waals surface area contributed by atoms with Crippen molar-refractivity contribution in [2.75, 3.05) is 0 Å². The maximum atomic E-state index is 12.6. The lowest BCUT2D eigenvalue weighted by molar-refractivity contribution is -0.137. The van der Waals surface area contributed by atoms with Crippen molar-refractivity contribution in [3.63, 3.8) is 0 Å². The summed E-state index contributed by atoms with van der Waals surface area (Å²) < 4.78 is 42.9. The van der Waals surface area contributed by atoms with Crippen molar-refractivity contribution >= 4 is 11.6 Å². The number of nitrogens with one attached hydrogen (secondary N) is 1. The Morgan fingerprint density at radius 1 is 1.30 bits per heavy atom. The Morgan fingerprint density at radius 2 is 2.05 bits per heavy atom. The minimum atomic E-state index is -4.37. The van der Waals surface area contributed by atoms with Gasteiger partial charge in [-0.15, -0.1) is 0 Å². The third-order valence-electron chi connectivity index (χ3n) is 2.92. The summed E-state index contributed by atoms with van der Waals surface area (Å²) in [7, 11) is 0. The van der Waals surface area contributed by atoms with Crippen LogP contribution in [0.15, 0.2) is 41.0 Å². The summed E-state index contributed by atoms with van der Waals surface area (Å²) in [6.45, 7) is 0. The molecule has 0 amide bonds. The van der Waals surface area contributed by atoms with Crippen LogP contribution in [-0.4, -0.2) is 0 Å². The van der Waals surface area contributed by atoms with Gasteiger partial charge in [-0.25, -0.2) is 0 Å². The summed E-state index contributed by atoms with van der Waals surface area (Å²) in [4.78, 5) is 0. The summed E-state index contributed by atoms with van der Waals surface area (Å²) in [6, 6.07) is 6.29. The van der Waals surface area contributed by atoms with Gasteiger partial charge < -0.3 is 4.42 Å². The summed E-state index contributed by atoms with van der Waals surface area (Å²) in [5.74, 6) is 5.43. The highest BCUT2D eigenvalue weighted by Crippen LogP contribution is 2.31. The average Bonchev–Trinajstić information content (AvgIpc) is 2.81. The summed E-state index contributed by atoms with van der Waals surface area (Å²) in [5.41, 5.74) is 2.94. The number of hydrazine groups is 1. The third-order valence-corrected chi connectivity index (χ3v) is 3.22. The second-order valence-electron chi connectivity index (χ2n) is 4.27. The molecule has 1 unspecified atom stereocenters. The molecular formula is C13H12ClF3N2O. The van der Waals surface area contributed by atoms with E-state index in [2.05, 4.69) is 5.43 Å². The summed E-state index contributed by atoms with van der Waals surface area (Å²) in [6.07, 6.45) is -2.71. The molecule has 1 aromatic carbocycles. The van der Waals surface area contributed by atoms with Crippen molar-refractivity contribution in [1.29, 1.82) is 0 Å². The number of furan rings is 1. The van der Waals surface area contributed by atoms with Crippen LogP contribution in [0.5, 0.6) is 0 Å². The van der Waals surface area contributed by atoms with Crippen LogP contribution in [0.4, 0.5) is 13.2 Å². The zero-order valence-electron chi connectivity index (χ0n) is 10.2. The first-order chi connectivity index (χ1) is 9.41.